The van der Waals surface area contributed by atoms with Gasteiger partial charge in [-0.2, -0.15) is 0 Å². The molecule has 0 spiro atoms. The maximum Gasteiger partial charge on any atom is 0.0576 e. The van der Waals surface area contributed by atoms with E-state index in [0.29, 0.717) is 18.1 Å². The van der Waals surface area contributed by atoms with Crippen LogP contribution in [0, 0.1) is 5.92 Å². The van der Waals surface area contributed by atoms with Crippen molar-refractivity contribution in [2.45, 2.75) is 57.6 Å². The van der Waals surface area contributed by atoms with E-state index in [1.807, 2.05) is 0 Å². The maximum atomic E-state index is 6.13. The first kappa shape index (κ1) is 13.3. The van der Waals surface area contributed by atoms with E-state index >= 15 is 0 Å². The quantitative estimate of drug-likeness (QED) is 0.799. The lowest BCUT2D eigenvalue weighted by molar-refractivity contribution is 0.0933. The molecule has 0 aromatic carbocycles. The van der Waals surface area contributed by atoms with Gasteiger partial charge in [-0.15, -0.1) is 0 Å². The van der Waals surface area contributed by atoms with Crippen molar-refractivity contribution in [3.63, 3.8) is 0 Å². The second-order valence-electron chi connectivity index (χ2n) is 5.70. The zero-order valence-electron chi connectivity index (χ0n) is 11.2. The first-order valence-electron chi connectivity index (χ1n) is 7.39. The summed E-state index contributed by atoms with van der Waals surface area (Å²) in [6.07, 6.45) is 8.05. The highest BCUT2D eigenvalue weighted by Crippen LogP contribution is 2.20. The standard InChI is InChI=1S/C14H28N2O/c1-2-12-11-16(9-7-14(12)15)8-3-5-13-6-4-10-17-13/h12-14H,2-11,15H2,1H3. The van der Waals surface area contributed by atoms with Crippen LogP contribution in [0.3, 0.4) is 0 Å². The van der Waals surface area contributed by atoms with E-state index in [-0.39, 0.29) is 0 Å². The lowest BCUT2D eigenvalue weighted by atomic mass is 9.90. The van der Waals surface area contributed by atoms with Gasteiger partial charge in [0.25, 0.3) is 0 Å². The molecule has 100 valence electrons. The molecule has 3 unspecified atom stereocenters. The Morgan fingerprint density at radius 2 is 2.24 bits per heavy atom. The van der Waals surface area contributed by atoms with Crippen LogP contribution >= 0.6 is 0 Å². The lowest BCUT2D eigenvalue weighted by Crippen LogP contribution is -2.47. The largest absolute Gasteiger partial charge is 0.378 e. The summed E-state index contributed by atoms with van der Waals surface area (Å²) in [5, 5.41) is 0. The smallest absolute Gasteiger partial charge is 0.0576 e. The fourth-order valence-electron chi connectivity index (χ4n) is 3.18. The number of ether oxygens (including phenoxy) is 1. The summed E-state index contributed by atoms with van der Waals surface area (Å²) >= 11 is 0. The van der Waals surface area contributed by atoms with E-state index in [4.69, 9.17) is 10.5 Å². The number of hydrogen-bond acceptors (Lipinski definition) is 3. The molecule has 0 bridgehead atoms. The highest BCUT2D eigenvalue weighted by atomic mass is 16.5. The molecule has 0 aliphatic carbocycles. The van der Waals surface area contributed by atoms with Crippen molar-refractivity contribution in [3.8, 4) is 0 Å². The SMILES string of the molecule is CCC1CN(CCCC2CCCO2)CCC1N. The third-order valence-electron chi connectivity index (χ3n) is 4.43. The highest BCUT2D eigenvalue weighted by molar-refractivity contribution is 4.82. The van der Waals surface area contributed by atoms with E-state index in [1.165, 1.54) is 58.2 Å². The normalized spacial score (nSPS) is 35.3. The molecule has 3 atom stereocenters. The molecular weight excluding hydrogens is 212 g/mol. The zero-order chi connectivity index (χ0) is 12.1. The van der Waals surface area contributed by atoms with Crippen LogP contribution in [0.25, 0.3) is 0 Å². The molecule has 0 radical (unpaired) electrons. The molecule has 2 heterocycles. The first-order chi connectivity index (χ1) is 8.29. The maximum absolute atomic E-state index is 6.13. The van der Waals surface area contributed by atoms with Gasteiger partial charge in [-0.3, -0.25) is 0 Å². The van der Waals surface area contributed by atoms with Crippen LogP contribution in [-0.2, 0) is 4.74 Å². The summed E-state index contributed by atoms with van der Waals surface area (Å²) in [5.74, 6) is 0.714. The van der Waals surface area contributed by atoms with Crippen molar-refractivity contribution in [2.75, 3.05) is 26.2 Å². The summed E-state index contributed by atoms with van der Waals surface area (Å²) in [6, 6.07) is 0.439. The van der Waals surface area contributed by atoms with Crippen molar-refractivity contribution in [2.24, 2.45) is 11.7 Å². The Bertz CT molecular complexity index is 216. The molecule has 0 saturated carbocycles. The van der Waals surface area contributed by atoms with Crippen LogP contribution in [0.5, 0.6) is 0 Å². The Morgan fingerprint density at radius 3 is 2.94 bits per heavy atom. The van der Waals surface area contributed by atoms with Gasteiger partial charge in [0.15, 0.2) is 0 Å². The molecule has 2 N–H and O–H groups in total. The van der Waals surface area contributed by atoms with Crippen molar-refractivity contribution in [1.29, 1.82) is 0 Å². The van der Waals surface area contributed by atoms with Gasteiger partial charge in [0.1, 0.15) is 0 Å². The van der Waals surface area contributed by atoms with E-state index in [0.717, 1.165) is 6.61 Å². The topological polar surface area (TPSA) is 38.5 Å². The van der Waals surface area contributed by atoms with Gasteiger partial charge in [-0.1, -0.05) is 13.3 Å². The summed E-state index contributed by atoms with van der Waals surface area (Å²) in [7, 11) is 0. The Hall–Kier alpha value is -0.120. The minimum Gasteiger partial charge on any atom is -0.378 e. The molecule has 2 aliphatic heterocycles. The van der Waals surface area contributed by atoms with Crippen LogP contribution < -0.4 is 5.73 Å². The number of nitrogens with two attached hydrogens (primary N) is 1. The fourth-order valence-corrected chi connectivity index (χ4v) is 3.18. The summed E-state index contributed by atoms with van der Waals surface area (Å²) in [4.78, 5) is 2.60. The molecule has 2 fully saturated rings. The molecule has 3 nitrogen and oxygen atoms in total. The van der Waals surface area contributed by atoms with Crippen LogP contribution in [0.15, 0.2) is 0 Å². The van der Waals surface area contributed by atoms with Crippen molar-refractivity contribution in [3.05, 3.63) is 0 Å². The fraction of sp³-hybridized carbons (Fsp3) is 1.00. The summed E-state index contributed by atoms with van der Waals surface area (Å²) in [5.41, 5.74) is 6.13. The second-order valence-corrected chi connectivity index (χ2v) is 5.70. The summed E-state index contributed by atoms with van der Waals surface area (Å²) in [6.45, 7) is 6.90. The monoisotopic (exact) mass is 240 g/mol. The minimum absolute atomic E-state index is 0.439. The number of rotatable bonds is 5. The third kappa shape index (κ3) is 3.94. The third-order valence-corrected chi connectivity index (χ3v) is 4.43. The number of nitrogens with zero attached hydrogens (tertiary/aromatic N) is 1. The second kappa shape index (κ2) is 6.72. The lowest BCUT2D eigenvalue weighted by Gasteiger charge is -2.36. The van der Waals surface area contributed by atoms with Gasteiger partial charge in [0.2, 0.25) is 0 Å². The molecule has 2 saturated heterocycles. The Kier molecular flexibility index (Phi) is 5.26. The van der Waals surface area contributed by atoms with Crippen LogP contribution in [0.2, 0.25) is 0 Å². The molecule has 0 aromatic heterocycles. The van der Waals surface area contributed by atoms with Gasteiger partial charge >= 0.3 is 0 Å². The van der Waals surface area contributed by atoms with Crippen molar-refractivity contribution < 1.29 is 4.74 Å². The van der Waals surface area contributed by atoms with Gasteiger partial charge in [0.05, 0.1) is 6.10 Å². The van der Waals surface area contributed by atoms with E-state index in [2.05, 4.69) is 11.8 Å². The number of hydrogen-bond donors (Lipinski definition) is 1. The minimum atomic E-state index is 0.439. The van der Waals surface area contributed by atoms with Crippen LogP contribution in [-0.4, -0.2) is 43.3 Å². The number of piperidine rings is 1. The van der Waals surface area contributed by atoms with Gasteiger partial charge in [-0.25, -0.2) is 0 Å². The molecule has 2 aliphatic rings. The van der Waals surface area contributed by atoms with Gasteiger partial charge < -0.3 is 15.4 Å². The van der Waals surface area contributed by atoms with Crippen molar-refractivity contribution in [1.82, 2.24) is 4.90 Å². The highest BCUT2D eigenvalue weighted by Gasteiger charge is 2.25. The van der Waals surface area contributed by atoms with Crippen LogP contribution in [0.4, 0.5) is 0 Å². The molecule has 0 aromatic rings. The van der Waals surface area contributed by atoms with E-state index in [1.54, 1.807) is 0 Å². The van der Waals surface area contributed by atoms with E-state index < -0.39 is 0 Å². The molecule has 3 heteroatoms. The Balaban J connectivity index is 1.62. The predicted molar refractivity (Wildman–Crippen MR) is 71.0 cm³/mol. The van der Waals surface area contributed by atoms with E-state index in [9.17, 15) is 0 Å². The van der Waals surface area contributed by atoms with Crippen LogP contribution in [0.1, 0.15) is 45.4 Å². The molecular formula is C14H28N2O. The predicted octanol–water partition coefficient (Wildman–Crippen LogP) is 2.00. The Labute approximate surface area is 106 Å². The average Bonchev–Trinajstić information content (AvgIpc) is 2.84. The molecule has 2 rings (SSSR count). The zero-order valence-corrected chi connectivity index (χ0v) is 11.2. The first-order valence-corrected chi connectivity index (χ1v) is 7.39. The molecule has 0 amide bonds. The summed E-state index contributed by atoms with van der Waals surface area (Å²) < 4.78 is 5.66. The average molecular weight is 240 g/mol. The van der Waals surface area contributed by atoms with Gasteiger partial charge in [-0.05, 0) is 51.1 Å². The Morgan fingerprint density at radius 1 is 1.35 bits per heavy atom. The van der Waals surface area contributed by atoms with Gasteiger partial charge in [0, 0.05) is 19.2 Å². The number of likely N-dealkylation sites (tertiary alicyclic amines) is 1. The van der Waals surface area contributed by atoms with Crippen molar-refractivity contribution >= 4 is 0 Å². The molecule has 17 heavy (non-hydrogen) atoms.